The van der Waals surface area contributed by atoms with Gasteiger partial charge in [-0.1, -0.05) is 18.2 Å². The van der Waals surface area contributed by atoms with E-state index in [1.165, 1.54) is 0 Å². The van der Waals surface area contributed by atoms with Crippen LogP contribution in [-0.2, 0) is 14.8 Å². The molecular formula is C16H25N3O4S. The molecule has 1 aromatic carbocycles. The second kappa shape index (κ2) is 8.06. The first-order valence-corrected chi connectivity index (χ1v) is 9.53. The van der Waals surface area contributed by atoms with Gasteiger partial charge in [0.2, 0.25) is 15.9 Å². The van der Waals surface area contributed by atoms with Gasteiger partial charge >= 0.3 is 0 Å². The molecular weight excluding hydrogens is 330 g/mol. The van der Waals surface area contributed by atoms with E-state index in [-0.39, 0.29) is 23.8 Å². The fourth-order valence-corrected chi connectivity index (χ4v) is 3.99. The van der Waals surface area contributed by atoms with Crippen LogP contribution < -0.4 is 10.0 Å². The highest BCUT2D eigenvalue weighted by Gasteiger charge is 2.34. The first kappa shape index (κ1) is 18.9. The number of nitrogens with zero attached hydrogens (tertiary/aromatic N) is 1. The predicted octanol–water partition coefficient (Wildman–Crippen LogP) is -0.0721. The first-order valence-electron chi connectivity index (χ1n) is 8.05. The van der Waals surface area contributed by atoms with Gasteiger partial charge in [-0.3, -0.25) is 9.69 Å². The fourth-order valence-electron chi connectivity index (χ4n) is 2.95. The number of piperidine rings is 1. The summed E-state index contributed by atoms with van der Waals surface area (Å²) in [5.41, 5.74) is -1.04. The Kier molecular flexibility index (Phi) is 6.34. The van der Waals surface area contributed by atoms with Gasteiger partial charge in [0.1, 0.15) is 0 Å². The van der Waals surface area contributed by atoms with Gasteiger partial charge < -0.3 is 10.4 Å². The molecule has 1 atom stereocenters. The van der Waals surface area contributed by atoms with Crippen LogP contribution in [0.2, 0.25) is 0 Å². The monoisotopic (exact) mass is 355 g/mol. The van der Waals surface area contributed by atoms with E-state index in [1.54, 1.807) is 37.4 Å². The number of sulfonamides is 1. The minimum atomic E-state index is -3.52. The second-order valence-electron chi connectivity index (χ2n) is 6.16. The highest BCUT2D eigenvalue weighted by molar-refractivity contribution is 7.89. The molecule has 0 bridgehead atoms. The SMILES string of the molecule is CNC(=O)CC1(O)CCCN(CCNS(=O)(=O)c2ccccc2)C1. The molecule has 3 N–H and O–H groups in total. The van der Waals surface area contributed by atoms with E-state index < -0.39 is 15.6 Å². The number of aliphatic hydroxyl groups is 1. The minimum Gasteiger partial charge on any atom is -0.388 e. The third kappa shape index (κ3) is 5.27. The lowest BCUT2D eigenvalue weighted by molar-refractivity contribution is -0.128. The molecule has 134 valence electrons. The molecule has 8 heteroatoms. The smallest absolute Gasteiger partial charge is 0.240 e. The minimum absolute atomic E-state index is 0.0652. The zero-order valence-electron chi connectivity index (χ0n) is 13.9. The van der Waals surface area contributed by atoms with Crippen LogP contribution in [0.15, 0.2) is 35.2 Å². The Morgan fingerprint density at radius 2 is 2.04 bits per heavy atom. The van der Waals surface area contributed by atoms with E-state index in [0.29, 0.717) is 19.5 Å². The molecule has 1 fully saturated rings. The van der Waals surface area contributed by atoms with E-state index in [2.05, 4.69) is 10.0 Å². The summed E-state index contributed by atoms with van der Waals surface area (Å²) in [6.45, 7) is 1.89. The van der Waals surface area contributed by atoms with Crippen molar-refractivity contribution in [2.24, 2.45) is 0 Å². The average Bonchev–Trinajstić information content (AvgIpc) is 2.55. The summed E-state index contributed by atoms with van der Waals surface area (Å²) in [5.74, 6) is -0.191. The van der Waals surface area contributed by atoms with Crippen molar-refractivity contribution in [3.8, 4) is 0 Å². The lowest BCUT2D eigenvalue weighted by Crippen LogP contribution is -2.51. The average molecular weight is 355 g/mol. The summed E-state index contributed by atoms with van der Waals surface area (Å²) in [7, 11) is -1.97. The van der Waals surface area contributed by atoms with Crippen LogP contribution in [-0.4, -0.2) is 63.2 Å². The summed E-state index contributed by atoms with van der Waals surface area (Å²) in [6.07, 6.45) is 1.42. The van der Waals surface area contributed by atoms with Gasteiger partial charge in [-0.05, 0) is 31.5 Å². The Hall–Kier alpha value is -1.48. The Morgan fingerprint density at radius 1 is 1.33 bits per heavy atom. The van der Waals surface area contributed by atoms with Crippen molar-refractivity contribution < 1.29 is 18.3 Å². The highest BCUT2D eigenvalue weighted by atomic mass is 32.2. The van der Waals surface area contributed by atoms with Gasteiger partial charge in [-0.2, -0.15) is 0 Å². The summed E-state index contributed by atoms with van der Waals surface area (Å²) in [5, 5.41) is 13.1. The molecule has 1 aliphatic heterocycles. The molecule has 24 heavy (non-hydrogen) atoms. The van der Waals surface area contributed by atoms with Crippen molar-refractivity contribution in [3.05, 3.63) is 30.3 Å². The van der Waals surface area contributed by atoms with Crippen molar-refractivity contribution in [2.45, 2.75) is 29.8 Å². The molecule has 1 aromatic rings. The van der Waals surface area contributed by atoms with Crippen LogP contribution in [0.4, 0.5) is 0 Å². The zero-order chi connectivity index (χ0) is 17.6. The van der Waals surface area contributed by atoms with Crippen molar-refractivity contribution in [1.29, 1.82) is 0 Å². The molecule has 0 spiro atoms. The standard InChI is InChI=1S/C16H25N3O4S/c1-17-15(20)12-16(21)8-5-10-19(13-16)11-9-18-24(22,23)14-6-3-2-4-7-14/h2-4,6-7,18,21H,5,8-13H2,1H3,(H,17,20). The lowest BCUT2D eigenvalue weighted by Gasteiger charge is -2.38. The van der Waals surface area contributed by atoms with Gasteiger partial charge in [0, 0.05) is 26.7 Å². The third-order valence-electron chi connectivity index (χ3n) is 4.18. The predicted molar refractivity (Wildman–Crippen MR) is 90.9 cm³/mol. The normalized spacial score (nSPS) is 22.2. The van der Waals surface area contributed by atoms with Crippen LogP contribution in [0.5, 0.6) is 0 Å². The molecule has 0 aliphatic carbocycles. The number of carbonyl (C=O) groups excluding carboxylic acids is 1. The molecule has 0 aromatic heterocycles. The zero-order valence-corrected chi connectivity index (χ0v) is 14.7. The van der Waals surface area contributed by atoms with Crippen molar-refractivity contribution in [2.75, 3.05) is 33.2 Å². The fraction of sp³-hybridized carbons (Fsp3) is 0.562. The van der Waals surface area contributed by atoms with Crippen LogP contribution in [0.1, 0.15) is 19.3 Å². The number of amides is 1. The molecule has 0 saturated carbocycles. The van der Waals surface area contributed by atoms with E-state index in [1.807, 2.05) is 4.90 Å². The van der Waals surface area contributed by atoms with E-state index >= 15 is 0 Å². The maximum Gasteiger partial charge on any atom is 0.240 e. The number of β-amino-alcohol motifs (C(OH)–C–C–N with tert-alkyl or cyclic N) is 1. The first-order chi connectivity index (χ1) is 11.3. The van der Waals surface area contributed by atoms with Crippen LogP contribution in [0, 0.1) is 0 Å². The highest BCUT2D eigenvalue weighted by Crippen LogP contribution is 2.24. The topological polar surface area (TPSA) is 98.7 Å². The number of benzene rings is 1. The molecule has 0 radical (unpaired) electrons. The molecule has 1 unspecified atom stereocenters. The van der Waals surface area contributed by atoms with Crippen LogP contribution >= 0.6 is 0 Å². The summed E-state index contributed by atoms with van der Waals surface area (Å²) >= 11 is 0. The number of likely N-dealkylation sites (tertiary alicyclic amines) is 1. The van der Waals surface area contributed by atoms with E-state index in [4.69, 9.17) is 0 Å². The molecule has 1 amide bonds. The van der Waals surface area contributed by atoms with Gasteiger partial charge in [0.15, 0.2) is 0 Å². The Morgan fingerprint density at radius 3 is 2.71 bits per heavy atom. The van der Waals surface area contributed by atoms with Crippen LogP contribution in [0.25, 0.3) is 0 Å². The van der Waals surface area contributed by atoms with E-state index in [0.717, 1.165) is 13.0 Å². The van der Waals surface area contributed by atoms with Gasteiger partial charge in [0.25, 0.3) is 0 Å². The number of hydrogen-bond donors (Lipinski definition) is 3. The van der Waals surface area contributed by atoms with E-state index in [9.17, 15) is 18.3 Å². The van der Waals surface area contributed by atoms with Crippen molar-refractivity contribution in [3.63, 3.8) is 0 Å². The summed E-state index contributed by atoms with van der Waals surface area (Å²) in [6, 6.07) is 8.22. The van der Waals surface area contributed by atoms with Gasteiger partial charge in [-0.15, -0.1) is 0 Å². The number of carbonyl (C=O) groups is 1. The summed E-state index contributed by atoms with van der Waals surface area (Å²) < 4.78 is 26.9. The van der Waals surface area contributed by atoms with Crippen molar-refractivity contribution >= 4 is 15.9 Å². The number of rotatable bonds is 7. The lowest BCUT2D eigenvalue weighted by atomic mass is 9.89. The Balaban J connectivity index is 1.85. The second-order valence-corrected chi connectivity index (χ2v) is 7.93. The molecule has 1 heterocycles. The van der Waals surface area contributed by atoms with Gasteiger partial charge in [-0.25, -0.2) is 13.1 Å². The number of hydrogen-bond acceptors (Lipinski definition) is 5. The molecule has 1 aliphatic rings. The van der Waals surface area contributed by atoms with Crippen LogP contribution in [0.3, 0.4) is 0 Å². The molecule has 1 saturated heterocycles. The van der Waals surface area contributed by atoms with Gasteiger partial charge in [0.05, 0.1) is 16.9 Å². The third-order valence-corrected chi connectivity index (χ3v) is 5.65. The molecule has 2 rings (SSSR count). The largest absolute Gasteiger partial charge is 0.388 e. The maximum atomic E-state index is 12.2. The Bertz CT molecular complexity index is 651. The molecule has 7 nitrogen and oxygen atoms in total. The Labute approximate surface area is 143 Å². The number of nitrogens with one attached hydrogen (secondary N) is 2. The summed E-state index contributed by atoms with van der Waals surface area (Å²) in [4.78, 5) is 13.7. The maximum absolute atomic E-state index is 12.2. The van der Waals surface area contributed by atoms with Crippen molar-refractivity contribution in [1.82, 2.24) is 14.9 Å². The quantitative estimate of drug-likeness (QED) is 0.636.